The molecule has 6 unspecified atom stereocenters. The third-order valence-electron chi connectivity index (χ3n) is 8.42. The van der Waals surface area contributed by atoms with Gasteiger partial charge in [0.15, 0.2) is 5.82 Å². The maximum Gasteiger partial charge on any atom is 0.323 e. The second-order valence-corrected chi connectivity index (χ2v) is 17.6. The van der Waals surface area contributed by atoms with Gasteiger partial charge in [-0.05, 0) is 68.7 Å². The Bertz CT molecular complexity index is 1580. The van der Waals surface area contributed by atoms with Crippen LogP contribution in [0.1, 0.15) is 80.0 Å². The minimum atomic E-state index is -3.61. The van der Waals surface area contributed by atoms with Crippen LogP contribution < -0.4 is 31.4 Å². The molecule has 0 bridgehead atoms. The van der Waals surface area contributed by atoms with Gasteiger partial charge in [-0.1, -0.05) is 0 Å². The molecule has 23 nitrogen and oxygen atoms in total. The van der Waals surface area contributed by atoms with E-state index < -0.39 is 76.2 Å². The van der Waals surface area contributed by atoms with Crippen molar-refractivity contribution in [2.24, 2.45) is 10.7 Å². The van der Waals surface area contributed by atoms with Gasteiger partial charge in [0.05, 0.1) is 59.3 Å². The third kappa shape index (κ3) is 18.3. The summed E-state index contributed by atoms with van der Waals surface area (Å²) >= 11 is 0. The molecule has 0 radical (unpaired) electrons. The lowest BCUT2D eigenvalue weighted by molar-refractivity contribution is -0.145. The number of carbonyl (C=O) groups is 6. The number of aliphatic hydroxyl groups is 2. The Kier molecular flexibility index (Phi) is 24.9. The van der Waals surface area contributed by atoms with Gasteiger partial charge >= 0.3 is 23.9 Å². The van der Waals surface area contributed by atoms with E-state index in [1.807, 2.05) is 0 Å². The van der Waals surface area contributed by atoms with Gasteiger partial charge < -0.3 is 44.4 Å². The monoisotopic (exact) mass is 894 g/mol. The number of aromatic nitrogens is 2. The van der Waals surface area contributed by atoms with Crippen molar-refractivity contribution < 1.29 is 62.5 Å². The molecule has 60 heavy (non-hydrogen) atoms. The minimum absolute atomic E-state index is 0.0781. The third-order valence-corrected chi connectivity index (χ3v) is 13.0. The fourth-order valence-corrected chi connectivity index (χ4v) is 9.38. The number of aryl methyl sites for hydroxylation is 1. The molecule has 1 aliphatic heterocycles. The number of ether oxygens (including phenoxy) is 4. The van der Waals surface area contributed by atoms with Gasteiger partial charge in [-0.3, -0.25) is 48.8 Å². The number of aliphatic hydroxyl groups excluding tert-OH is 2. The molecule has 2 amide bonds. The fraction of sp³-hybridized carbons (Fsp3) is 0.714. The van der Waals surface area contributed by atoms with E-state index in [-0.39, 0.29) is 56.9 Å². The van der Waals surface area contributed by atoms with Gasteiger partial charge in [-0.25, -0.2) is 15.2 Å². The summed E-state index contributed by atoms with van der Waals surface area (Å²) in [6.07, 6.45) is 2.41. The Balaban J connectivity index is 0.000000725. The van der Waals surface area contributed by atoms with Crippen LogP contribution >= 0.6 is 15.7 Å². The molecule has 342 valence electrons. The second-order valence-electron chi connectivity index (χ2n) is 13.3. The number of rotatable bonds is 24. The van der Waals surface area contributed by atoms with E-state index in [0.717, 1.165) is 0 Å². The molecule has 1 fully saturated rings. The molecule has 9 N–H and O–H groups in total. The highest BCUT2D eigenvalue weighted by molar-refractivity contribution is 7.60. The smallest absolute Gasteiger partial charge is 0.323 e. The van der Waals surface area contributed by atoms with E-state index in [1.165, 1.54) is 13.8 Å². The SMILES string of the molecule is CCOC(=O)C(C)NP(=O)(CCC(=O)N1CCC(n2cnc(C)c2/N=C(/N)NC=O)C1)NC(C)C(=O)OCC.CCOC(=O)C(C)NP(NC(C)C(=O)OCC)C(O)CO. The predicted octanol–water partition coefficient (Wildman–Crippen LogP) is 0.0141. The standard InChI is InChI=1S/C23H39N8O7P.C12H25N2O6P/c1-6-37-21(34)16(4)28-39(36,29-17(5)22(35)38-7-2)11-9-19(33)30-10-8-18(12-30)31-13-25-15(3)20(31)27-23(24)26-14-32;1-5-19-11(17)8(3)13-21(10(16)7-15)14-9(4)12(18)20-6-2/h13-14,16-18H,6-12H2,1-5H3,(H2,28,29,36)(H3,24,26,27,32);8-10,13-16H,5-7H2,1-4H3. The lowest BCUT2D eigenvalue weighted by Crippen LogP contribution is -2.43. The van der Waals surface area contributed by atoms with Crippen LogP contribution in [0.15, 0.2) is 11.3 Å². The van der Waals surface area contributed by atoms with E-state index in [1.54, 1.807) is 64.3 Å². The van der Waals surface area contributed by atoms with Gasteiger partial charge in [0.1, 0.15) is 30.0 Å². The average Bonchev–Trinajstić information content (AvgIpc) is 3.83. The van der Waals surface area contributed by atoms with Gasteiger partial charge in [0, 0.05) is 25.7 Å². The van der Waals surface area contributed by atoms with Crippen molar-refractivity contribution in [3.05, 3.63) is 12.0 Å². The summed E-state index contributed by atoms with van der Waals surface area (Å²) in [6, 6.07) is -3.37. The summed E-state index contributed by atoms with van der Waals surface area (Å²) in [4.78, 5) is 81.3. The molecule has 0 saturated carbocycles. The van der Waals surface area contributed by atoms with Gasteiger partial charge in [0.2, 0.25) is 25.7 Å². The van der Waals surface area contributed by atoms with Crippen molar-refractivity contribution in [2.75, 3.05) is 52.3 Å². The number of hydrogen-bond acceptors (Lipinski definition) is 17. The van der Waals surface area contributed by atoms with Crippen molar-refractivity contribution in [3.8, 4) is 0 Å². The van der Waals surface area contributed by atoms with Crippen molar-refractivity contribution in [1.82, 2.24) is 40.1 Å². The normalized spacial score (nSPS) is 17.9. The lowest BCUT2D eigenvalue weighted by atomic mass is 10.2. The molecule has 2 heterocycles. The first-order valence-corrected chi connectivity index (χ1v) is 22.9. The first-order valence-electron chi connectivity index (χ1n) is 19.6. The van der Waals surface area contributed by atoms with E-state index in [0.29, 0.717) is 37.4 Å². The number of carbonyl (C=O) groups excluding carboxylic acids is 6. The summed E-state index contributed by atoms with van der Waals surface area (Å²) < 4.78 is 35.3. The average molecular weight is 895 g/mol. The van der Waals surface area contributed by atoms with Crippen LogP contribution in [0.5, 0.6) is 0 Å². The first kappa shape index (κ1) is 53.9. The number of hydrogen-bond donors (Lipinski definition) is 8. The quantitative estimate of drug-likeness (QED) is 0.0169. The molecule has 1 aromatic heterocycles. The zero-order valence-electron chi connectivity index (χ0n) is 35.8. The Morgan fingerprint density at radius 3 is 1.82 bits per heavy atom. The van der Waals surface area contributed by atoms with Crippen LogP contribution in [0.25, 0.3) is 0 Å². The summed E-state index contributed by atoms with van der Waals surface area (Å²) in [5.74, 6) is -3.12. The summed E-state index contributed by atoms with van der Waals surface area (Å²) in [6.45, 7) is 15.7. The molecule has 6 atom stereocenters. The van der Waals surface area contributed by atoms with Crippen LogP contribution in [0.4, 0.5) is 5.82 Å². The Labute approximate surface area is 352 Å². The fourth-order valence-electron chi connectivity index (χ4n) is 5.45. The van der Waals surface area contributed by atoms with Crippen LogP contribution in [-0.4, -0.2) is 149 Å². The number of nitrogens with one attached hydrogen (secondary N) is 5. The zero-order chi connectivity index (χ0) is 45.6. The molecular formula is C35H64N10O13P2. The summed E-state index contributed by atoms with van der Waals surface area (Å²) in [5, 5.41) is 32.3. The summed E-state index contributed by atoms with van der Waals surface area (Å²) in [5.41, 5.74) is 6.32. The number of guanidine groups is 1. The van der Waals surface area contributed by atoms with Crippen LogP contribution in [-0.2, 0) is 52.3 Å². The van der Waals surface area contributed by atoms with Crippen LogP contribution in [0.2, 0.25) is 0 Å². The Morgan fingerprint density at radius 1 is 0.917 bits per heavy atom. The molecule has 1 saturated heterocycles. The number of likely N-dealkylation sites (tertiary alicyclic amines) is 1. The lowest BCUT2D eigenvalue weighted by Gasteiger charge is -2.28. The maximum absolute atomic E-state index is 13.8. The number of nitrogens with zero attached hydrogens (tertiary/aromatic N) is 4. The van der Waals surface area contributed by atoms with Crippen LogP contribution in [0, 0.1) is 6.92 Å². The molecule has 0 spiro atoms. The highest BCUT2D eigenvalue weighted by atomic mass is 31.2. The zero-order valence-corrected chi connectivity index (χ0v) is 37.6. The molecule has 1 aliphatic rings. The van der Waals surface area contributed by atoms with E-state index in [4.69, 9.17) is 29.8 Å². The molecule has 25 heteroatoms. The highest BCUT2D eigenvalue weighted by Gasteiger charge is 2.35. The predicted molar refractivity (Wildman–Crippen MR) is 222 cm³/mol. The molecule has 0 aromatic carbocycles. The van der Waals surface area contributed by atoms with Gasteiger partial charge in [-0.2, -0.15) is 4.99 Å². The first-order chi connectivity index (χ1) is 28.3. The number of aliphatic imine (C=N–C) groups is 1. The Morgan fingerprint density at radius 2 is 1.38 bits per heavy atom. The molecule has 0 aliphatic carbocycles. The molecular weight excluding hydrogens is 830 g/mol. The van der Waals surface area contributed by atoms with Crippen molar-refractivity contribution >= 4 is 63.6 Å². The molecule has 1 aromatic rings. The summed E-state index contributed by atoms with van der Waals surface area (Å²) in [7, 11) is -5.20. The van der Waals surface area contributed by atoms with E-state index in [9.17, 15) is 38.4 Å². The van der Waals surface area contributed by atoms with Crippen molar-refractivity contribution in [3.63, 3.8) is 0 Å². The topological polar surface area (TPSA) is 316 Å². The van der Waals surface area contributed by atoms with E-state index in [2.05, 4.69) is 35.6 Å². The van der Waals surface area contributed by atoms with Crippen molar-refractivity contribution in [2.45, 2.75) is 111 Å². The van der Waals surface area contributed by atoms with E-state index >= 15 is 0 Å². The maximum atomic E-state index is 13.8. The number of esters is 4. The van der Waals surface area contributed by atoms with Gasteiger partial charge in [0.25, 0.3) is 0 Å². The second kappa shape index (κ2) is 27.7. The van der Waals surface area contributed by atoms with Crippen molar-refractivity contribution in [1.29, 1.82) is 0 Å². The van der Waals surface area contributed by atoms with Gasteiger partial charge in [-0.15, -0.1) is 0 Å². The number of nitrogens with two attached hydrogens (primary N) is 1. The highest BCUT2D eigenvalue weighted by Crippen LogP contribution is 2.39. The number of amides is 2. The largest absolute Gasteiger partial charge is 0.465 e. The van der Waals surface area contributed by atoms with Crippen LogP contribution in [0.3, 0.4) is 0 Å². The molecule has 2 rings (SSSR count). The number of imidazole rings is 1. The minimum Gasteiger partial charge on any atom is -0.465 e. The Hall–Kier alpha value is -4.08.